The van der Waals surface area contributed by atoms with Gasteiger partial charge in [-0.25, -0.2) is 0 Å². The highest BCUT2D eigenvalue weighted by molar-refractivity contribution is 6.42. The Morgan fingerprint density at radius 3 is 2.96 bits per heavy atom. The maximum Gasteiger partial charge on any atom is 0.224 e. The number of nitrogens with zero attached hydrogens (tertiary/aromatic N) is 3. The highest BCUT2D eigenvalue weighted by Gasteiger charge is 2.25. The number of ether oxygens (including phenoxy) is 1. The van der Waals surface area contributed by atoms with E-state index in [0.717, 1.165) is 5.56 Å². The van der Waals surface area contributed by atoms with Crippen LogP contribution in [0.25, 0.3) is 0 Å². The van der Waals surface area contributed by atoms with Crippen molar-refractivity contribution >= 4 is 29.1 Å². The van der Waals surface area contributed by atoms with Gasteiger partial charge in [-0.15, -0.1) is 0 Å². The van der Waals surface area contributed by atoms with Crippen LogP contribution in [0, 0.1) is 0 Å². The molecule has 23 heavy (non-hydrogen) atoms. The molecule has 0 spiro atoms. The van der Waals surface area contributed by atoms with E-state index in [0.29, 0.717) is 42.7 Å². The summed E-state index contributed by atoms with van der Waals surface area (Å²) in [5.74, 6) is 0.105. The van der Waals surface area contributed by atoms with Crippen molar-refractivity contribution in [2.45, 2.75) is 19.1 Å². The molecule has 1 atom stereocenters. The van der Waals surface area contributed by atoms with Crippen LogP contribution in [-0.4, -0.2) is 40.3 Å². The van der Waals surface area contributed by atoms with E-state index in [9.17, 15) is 4.79 Å². The van der Waals surface area contributed by atoms with Crippen LogP contribution >= 0.6 is 23.2 Å². The van der Waals surface area contributed by atoms with Crippen LogP contribution in [0.15, 0.2) is 36.7 Å². The fraction of sp³-hybridized carbons (Fsp3) is 0.375. The van der Waals surface area contributed by atoms with E-state index < -0.39 is 0 Å². The summed E-state index contributed by atoms with van der Waals surface area (Å²) in [4.78, 5) is 14.2. The number of carbonyl (C=O) groups is 1. The second-order valence-corrected chi connectivity index (χ2v) is 6.21. The molecule has 3 rings (SSSR count). The second kappa shape index (κ2) is 7.34. The van der Waals surface area contributed by atoms with Crippen LogP contribution in [0.2, 0.25) is 10.0 Å². The molecule has 1 aromatic heterocycles. The zero-order valence-corrected chi connectivity index (χ0v) is 14.0. The zero-order chi connectivity index (χ0) is 16.2. The van der Waals surface area contributed by atoms with Crippen LogP contribution in [-0.2, 0) is 16.1 Å². The average Bonchev–Trinajstić information content (AvgIpc) is 3.09. The maximum atomic E-state index is 12.4. The molecule has 1 fully saturated rings. The van der Waals surface area contributed by atoms with Crippen molar-refractivity contribution in [3.8, 4) is 0 Å². The third-order valence-corrected chi connectivity index (χ3v) is 4.59. The Labute approximate surface area is 144 Å². The van der Waals surface area contributed by atoms with Crippen molar-refractivity contribution in [2.24, 2.45) is 0 Å². The number of amides is 1. The Bertz CT molecular complexity index is 676. The van der Waals surface area contributed by atoms with Crippen LogP contribution < -0.4 is 0 Å². The first kappa shape index (κ1) is 16.3. The third kappa shape index (κ3) is 4.05. The number of rotatable bonds is 4. The summed E-state index contributed by atoms with van der Waals surface area (Å²) in [6.07, 6.45) is 3.81. The number of aromatic nitrogens is 2. The highest BCUT2D eigenvalue weighted by Crippen LogP contribution is 2.29. The molecule has 0 saturated carbocycles. The molecule has 2 aromatic rings. The summed E-state index contributed by atoms with van der Waals surface area (Å²) in [6, 6.07) is 7.28. The van der Waals surface area contributed by atoms with Gasteiger partial charge >= 0.3 is 0 Å². The highest BCUT2D eigenvalue weighted by atomic mass is 35.5. The SMILES string of the molecule is O=C(CCn1cccn1)N1CCO[C@H](c2ccc(Cl)c(Cl)c2)C1. The molecule has 0 aliphatic carbocycles. The normalized spacial score (nSPS) is 18.2. The van der Waals surface area contributed by atoms with Crippen LogP contribution in [0.5, 0.6) is 0 Å². The molecular formula is C16H17Cl2N3O2. The van der Waals surface area contributed by atoms with Gasteiger partial charge in [-0.3, -0.25) is 9.48 Å². The number of morpholine rings is 1. The molecular weight excluding hydrogens is 337 g/mol. The number of hydrogen-bond donors (Lipinski definition) is 0. The zero-order valence-electron chi connectivity index (χ0n) is 12.5. The van der Waals surface area contributed by atoms with Gasteiger partial charge in [0.05, 0.1) is 23.2 Å². The quantitative estimate of drug-likeness (QED) is 0.847. The third-order valence-electron chi connectivity index (χ3n) is 3.85. The van der Waals surface area contributed by atoms with Crippen LogP contribution in [0.3, 0.4) is 0 Å². The van der Waals surface area contributed by atoms with Gasteiger partial charge < -0.3 is 9.64 Å². The minimum atomic E-state index is -0.174. The lowest BCUT2D eigenvalue weighted by atomic mass is 10.1. The fourth-order valence-corrected chi connectivity index (χ4v) is 2.90. The minimum Gasteiger partial charge on any atom is -0.370 e. The molecule has 0 unspecified atom stereocenters. The number of halogens is 2. The summed E-state index contributed by atoms with van der Waals surface area (Å²) >= 11 is 12.0. The molecule has 1 aromatic carbocycles. The first-order valence-corrected chi connectivity index (χ1v) is 8.21. The Hall–Kier alpha value is -1.56. The molecule has 1 aliphatic rings. The molecule has 1 amide bonds. The summed E-state index contributed by atoms with van der Waals surface area (Å²) in [5, 5.41) is 5.12. The van der Waals surface area contributed by atoms with E-state index in [-0.39, 0.29) is 12.0 Å². The lowest BCUT2D eigenvalue weighted by Crippen LogP contribution is -2.42. The van der Waals surface area contributed by atoms with Gasteiger partial charge in [0.2, 0.25) is 5.91 Å². The van der Waals surface area contributed by atoms with Gasteiger partial charge in [0.1, 0.15) is 6.10 Å². The molecule has 0 N–H and O–H groups in total. The molecule has 1 aliphatic heterocycles. The maximum absolute atomic E-state index is 12.4. The molecule has 2 heterocycles. The van der Waals surface area contributed by atoms with E-state index in [1.807, 2.05) is 23.2 Å². The average molecular weight is 354 g/mol. The fourth-order valence-electron chi connectivity index (χ4n) is 2.59. The molecule has 122 valence electrons. The van der Waals surface area contributed by atoms with Crippen molar-refractivity contribution < 1.29 is 9.53 Å². The monoisotopic (exact) mass is 353 g/mol. The van der Waals surface area contributed by atoms with Crippen molar-refractivity contribution in [1.82, 2.24) is 14.7 Å². The Balaban J connectivity index is 1.60. The first-order chi connectivity index (χ1) is 11.1. The lowest BCUT2D eigenvalue weighted by molar-refractivity contribution is -0.139. The van der Waals surface area contributed by atoms with Gasteiger partial charge in [0.25, 0.3) is 0 Å². The predicted octanol–water partition coefficient (Wildman–Crippen LogP) is 3.18. The summed E-state index contributed by atoms with van der Waals surface area (Å²) in [5.41, 5.74) is 0.934. The van der Waals surface area contributed by atoms with E-state index in [1.54, 1.807) is 23.0 Å². The van der Waals surface area contributed by atoms with Crippen molar-refractivity contribution in [1.29, 1.82) is 0 Å². The summed E-state index contributed by atoms with van der Waals surface area (Å²) in [7, 11) is 0. The van der Waals surface area contributed by atoms with E-state index in [2.05, 4.69) is 5.10 Å². The predicted molar refractivity (Wildman–Crippen MR) is 88.6 cm³/mol. The second-order valence-electron chi connectivity index (χ2n) is 5.39. The largest absolute Gasteiger partial charge is 0.370 e. The molecule has 0 bridgehead atoms. The first-order valence-electron chi connectivity index (χ1n) is 7.45. The van der Waals surface area contributed by atoms with Gasteiger partial charge in [-0.2, -0.15) is 5.10 Å². The molecule has 0 radical (unpaired) electrons. The van der Waals surface area contributed by atoms with Crippen molar-refractivity contribution in [2.75, 3.05) is 19.7 Å². The van der Waals surface area contributed by atoms with Crippen LogP contribution in [0.1, 0.15) is 18.1 Å². The minimum absolute atomic E-state index is 0.105. The Kier molecular flexibility index (Phi) is 5.20. The molecule has 7 heteroatoms. The molecule has 1 saturated heterocycles. The number of hydrogen-bond acceptors (Lipinski definition) is 3. The van der Waals surface area contributed by atoms with Gasteiger partial charge in [-0.1, -0.05) is 29.3 Å². The summed E-state index contributed by atoms with van der Waals surface area (Å²) < 4.78 is 7.54. The lowest BCUT2D eigenvalue weighted by Gasteiger charge is -2.33. The standard InChI is InChI=1S/C16H17Cl2N3O2/c17-13-3-2-12(10-14(13)18)15-11-20(8-9-23-15)16(22)4-7-21-6-1-5-19-21/h1-3,5-6,10,15H,4,7-9,11H2/t15-/m0/s1. The van der Waals surface area contributed by atoms with Crippen LogP contribution in [0.4, 0.5) is 0 Å². The smallest absolute Gasteiger partial charge is 0.224 e. The number of carbonyl (C=O) groups excluding carboxylic acids is 1. The number of aryl methyl sites for hydroxylation is 1. The Morgan fingerprint density at radius 2 is 2.22 bits per heavy atom. The Morgan fingerprint density at radius 1 is 1.35 bits per heavy atom. The van der Waals surface area contributed by atoms with E-state index >= 15 is 0 Å². The van der Waals surface area contributed by atoms with E-state index in [4.69, 9.17) is 27.9 Å². The van der Waals surface area contributed by atoms with Gasteiger partial charge in [0, 0.05) is 31.9 Å². The van der Waals surface area contributed by atoms with Crippen molar-refractivity contribution in [3.05, 3.63) is 52.3 Å². The van der Waals surface area contributed by atoms with E-state index in [1.165, 1.54) is 0 Å². The van der Waals surface area contributed by atoms with Crippen molar-refractivity contribution in [3.63, 3.8) is 0 Å². The van der Waals surface area contributed by atoms with Gasteiger partial charge in [0.15, 0.2) is 0 Å². The molecule has 5 nitrogen and oxygen atoms in total. The number of benzene rings is 1. The summed E-state index contributed by atoms with van der Waals surface area (Å²) in [6.45, 7) is 2.23. The topological polar surface area (TPSA) is 47.4 Å². The van der Waals surface area contributed by atoms with Gasteiger partial charge in [-0.05, 0) is 23.8 Å².